The van der Waals surface area contributed by atoms with Crippen molar-refractivity contribution in [1.29, 1.82) is 0 Å². The molecule has 0 unspecified atom stereocenters. The number of carbonyl (C=O) groups is 2. The molecule has 2 rings (SSSR count). The summed E-state index contributed by atoms with van der Waals surface area (Å²) in [5, 5.41) is 5.67. The smallest absolute Gasteiger partial charge is 0.416 e. The van der Waals surface area contributed by atoms with E-state index >= 15 is 0 Å². The van der Waals surface area contributed by atoms with E-state index in [0.29, 0.717) is 17.2 Å². The fourth-order valence-electron chi connectivity index (χ4n) is 2.50. The van der Waals surface area contributed by atoms with Crippen molar-refractivity contribution in [3.05, 3.63) is 64.2 Å². The summed E-state index contributed by atoms with van der Waals surface area (Å²) >= 11 is 6.04. The third-order valence-corrected chi connectivity index (χ3v) is 4.36. The first-order valence-corrected chi connectivity index (χ1v) is 9.13. The maximum Gasteiger partial charge on any atom is 0.416 e. The number of hydrogen-bond donors (Lipinski definition) is 2. The molecule has 0 heterocycles. The maximum absolute atomic E-state index is 12.5. The van der Waals surface area contributed by atoms with Gasteiger partial charge in [-0.3, -0.25) is 9.59 Å². The molecule has 2 aromatic rings. The van der Waals surface area contributed by atoms with Crippen LogP contribution in [-0.2, 0) is 17.4 Å². The van der Waals surface area contributed by atoms with Crippen molar-refractivity contribution in [2.24, 2.45) is 0 Å². The Morgan fingerprint density at radius 1 is 1.03 bits per heavy atom. The molecule has 0 aliphatic heterocycles. The number of amides is 2. The molecule has 0 atom stereocenters. The Bertz CT molecular complexity index is 855. The first-order chi connectivity index (χ1) is 13.7. The van der Waals surface area contributed by atoms with Gasteiger partial charge in [-0.25, -0.2) is 0 Å². The zero-order valence-electron chi connectivity index (χ0n) is 15.6. The number of carbonyl (C=O) groups excluding carboxylic acids is 2. The van der Waals surface area contributed by atoms with E-state index in [0.717, 1.165) is 29.8 Å². The zero-order valence-corrected chi connectivity index (χ0v) is 16.4. The van der Waals surface area contributed by atoms with E-state index in [-0.39, 0.29) is 31.0 Å². The van der Waals surface area contributed by atoms with Gasteiger partial charge in [0.1, 0.15) is 5.75 Å². The van der Waals surface area contributed by atoms with Crippen LogP contribution in [0.25, 0.3) is 0 Å². The van der Waals surface area contributed by atoms with Crippen LogP contribution in [0.4, 0.5) is 13.2 Å². The van der Waals surface area contributed by atoms with Crippen LogP contribution in [0, 0.1) is 0 Å². The lowest BCUT2D eigenvalue weighted by atomic mass is 10.1. The zero-order chi connectivity index (χ0) is 21.4. The van der Waals surface area contributed by atoms with Gasteiger partial charge in [0.05, 0.1) is 17.7 Å². The van der Waals surface area contributed by atoms with Crippen molar-refractivity contribution in [1.82, 2.24) is 10.6 Å². The van der Waals surface area contributed by atoms with Crippen molar-refractivity contribution < 1.29 is 27.5 Å². The minimum Gasteiger partial charge on any atom is -0.495 e. The summed E-state index contributed by atoms with van der Waals surface area (Å²) in [4.78, 5) is 23.8. The van der Waals surface area contributed by atoms with Crippen molar-refractivity contribution >= 4 is 23.4 Å². The number of benzene rings is 2. The first kappa shape index (κ1) is 22.5. The molecule has 0 aliphatic rings. The number of hydrogen-bond acceptors (Lipinski definition) is 3. The predicted molar refractivity (Wildman–Crippen MR) is 103 cm³/mol. The van der Waals surface area contributed by atoms with E-state index in [9.17, 15) is 22.8 Å². The highest BCUT2D eigenvalue weighted by atomic mass is 35.5. The average molecular weight is 429 g/mol. The second-order valence-corrected chi connectivity index (χ2v) is 6.56. The van der Waals surface area contributed by atoms with Crippen LogP contribution in [0.3, 0.4) is 0 Å². The van der Waals surface area contributed by atoms with E-state index in [1.807, 2.05) is 6.07 Å². The van der Waals surface area contributed by atoms with Crippen molar-refractivity contribution in [3.8, 4) is 5.75 Å². The topological polar surface area (TPSA) is 67.4 Å². The second kappa shape index (κ2) is 10.2. The summed E-state index contributed by atoms with van der Waals surface area (Å²) in [6.07, 6.45) is -3.71. The van der Waals surface area contributed by atoms with E-state index in [4.69, 9.17) is 16.3 Å². The molecule has 29 heavy (non-hydrogen) atoms. The van der Waals surface area contributed by atoms with E-state index in [1.54, 1.807) is 12.1 Å². The minimum absolute atomic E-state index is 0.112. The third-order valence-electron chi connectivity index (χ3n) is 4.06. The van der Waals surface area contributed by atoms with Gasteiger partial charge in [0.25, 0.3) is 5.91 Å². The Kier molecular flexibility index (Phi) is 7.90. The summed E-state index contributed by atoms with van der Waals surface area (Å²) < 4.78 is 42.6. The van der Waals surface area contributed by atoms with Gasteiger partial charge in [0.15, 0.2) is 0 Å². The third kappa shape index (κ3) is 6.98. The number of nitrogens with one attached hydrogen (secondary N) is 2. The van der Waals surface area contributed by atoms with Gasteiger partial charge in [-0.15, -0.1) is 0 Å². The number of aryl methyl sites for hydroxylation is 1. The van der Waals surface area contributed by atoms with E-state index in [2.05, 4.69) is 10.6 Å². The largest absolute Gasteiger partial charge is 0.495 e. The number of rotatable bonds is 8. The normalized spacial score (nSPS) is 11.1. The molecule has 0 saturated heterocycles. The molecule has 0 fully saturated rings. The summed E-state index contributed by atoms with van der Waals surface area (Å²) in [7, 11) is 1.52. The van der Waals surface area contributed by atoms with Crippen LogP contribution in [0.1, 0.15) is 27.9 Å². The Hall–Kier alpha value is -2.74. The minimum atomic E-state index is -4.45. The molecule has 0 bridgehead atoms. The molecule has 2 amide bonds. The molecular weight excluding hydrogens is 409 g/mol. The van der Waals surface area contributed by atoms with Gasteiger partial charge < -0.3 is 15.4 Å². The Labute approximate surface area is 171 Å². The van der Waals surface area contributed by atoms with Crippen LogP contribution in [0.15, 0.2) is 42.5 Å². The SMILES string of the molecule is COc1ccc(CCC(=O)NCCNC(=O)c2ccc(C(F)(F)F)cc2)cc1Cl. The van der Waals surface area contributed by atoms with E-state index < -0.39 is 17.6 Å². The van der Waals surface area contributed by atoms with Gasteiger partial charge in [-0.05, 0) is 48.4 Å². The maximum atomic E-state index is 12.5. The summed E-state index contributed by atoms with van der Waals surface area (Å²) in [6.45, 7) is 0.356. The van der Waals surface area contributed by atoms with Crippen LogP contribution in [-0.4, -0.2) is 32.0 Å². The lowest BCUT2D eigenvalue weighted by molar-refractivity contribution is -0.137. The monoisotopic (exact) mass is 428 g/mol. The quantitative estimate of drug-likeness (QED) is 0.628. The number of halogens is 4. The van der Waals surface area contributed by atoms with Crippen LogP contribution >= 0.6 is 11.6 Å². The van der Waals surface area contributed by atoms with Gasteiger partial charge in [0, 0.05) is 25.1 Å². The van der Waals surface area contributed by atoms with Gasteiger partial charge >= 0.3 is 6.18 Å². The van der Waals surface area contributed by atoms with Gasteiger partial charge in [-0.2, -0.15) is 13.2 Å². The molecule has 2 N–H and O–H groups in total. The fourth-order valence-corrected chi connectivity index (χ4v) is 2.78. The summed E-state index contributed by atoms with van der Waals surface area (Å²) in [5.41, 5.74) is 0.182. The molecule has 9 heteroatoms. The molecule has 0 saturated carbocycles. The van der Waals surface area contributed by atoms with Crippen molar-refractivity contribution in [2.45, 2.75) is 19.0 Å². The Morgan fingerprint density at radius 2 is 1.69 bits per heavy atom. The standard InChI is InChI=1S/C20H20ClF3N2O3/c1-29-17-8-2-13(12-16(17)21)3-9-18(27)25-10-11-26-19(28)14-4-6-15(7-5-14)20(22,23)24/h2,4-8,12H,3,9-11H2,1H3,(H,25,27)(H,26,28). The molecule has 5 nitrogen and oxygen atoms in total. The fraction of sp³-hybridized carbons (Fsp3) is 0.300. The molecule has 0 radical (unpaired) electrons. The molecule has 0 aliphatic carbocycles. The summed E-state index contributed by atoms with van der Waals surface area (Å²) in [5.74, 6) is -0.148. The molecule has 0 spiro atoms. The van der Waals surface area contributed by atoms with Gasteiger partial charge in [-0.1, -0.05) is 17.7 Å². The van der Waals surface area contributed by atoms with Crippen molar-refractivity contribution in [2.75, 3.05) is 20.2 Å². The number of alkyl halides is 3. The second-order valence-electron chi connectivity index (χ2n) is 6.15. The summed E-state index contributed by atoms with van der Waals surface area (Å²) in [6, 6.07) is 9.20. The van der Waals surface area contributed by atoms with Crippen LogP contribution < -0.4 is 15.4 Å². The van der Waals surface area contributed by atoms with Crippen LogP contribution in [0.5, 0.6) is 5.75 Å². The van der Waals surface area contributed by atoms with Crippen molar-refractivity contribution in [3.63, 3.8) is 0 Å². The lowest BCUT2D eigenvalue weighted by Crippen LogP contribution is -2.34. The van der Waals surface area contributed by atoms with E-state index in [1.165, 1.54) is 7.11 Å². The number of ether oxygens (including phenoxy) is 1. The molecule has 2 aromatic carbocycles. The van der Waals surface area contributed by atoms with Gasteiger partial charge in [0.2, 0.25) is 5.91 Å². The highest BCUT2D eigenvalue weighted by molar-refractivity contribution is 6.32. The molecule has 0 aromatic heterocycles. The Balaban J connectivity index is 1.69. The highest BCUT2D eigenvalue weighted by Crippen LogP contribution is 2.29. The first-order valence-electron chi connectivity index (χ1n) is 8.75. The number of methoxy groups -OCH3 is 1. The molecule has 156 valence electrons. The average Bonchev–Trinajstić information content (AvgIpc) is 2.69. The lowest BCUT2D eigenvalue weighted by Gasteiger charge is -2.09. The molecular formula is C20H20ClF3N2O3. The van der Waals surface area contributed by atoms with Crippen LogP contribution in [0.2, 0.25) is 5.02 Å². The predicted octanol–water partition coefficient (Wildman–Crippen LogP) is 3.85. The highest BCUT2D eigenvalue weighted by Gasteiger charge is 2.30. The Morgan fingerprint density at radius 3 is 2.28 bits per heavy atom.